The largest absolute Gasteiger partial charge is 0.324 e. The van der Waals surface area contributed by atoms with Gasteiger partial charge in [-0.05, 0) is 40.2 Å². The number of rotatable bonds is 5. The van der Waals surface area contributed by atoms with Crippen molar-refractivity contribution in [2.45, 2.75) is 24.8 Å². The average Bonchev–Trinajstić information content (AvgIpc) is 3.14. The summed E-state index contributed by atoms with van der Waals surface area (Å²) in [5, 5.41) is 12.3. The molecule has 1 amide bonds. The first kappa shape index (κ1) is 18.9. The van der Waals surface area contributed by atoms with Crippen LogP contribution in [0.15, 0.2) is 58.0 Å². The SMILES string of the molecule is CC(C)c1nnc2c(SCC(=O)Nc3ccccc3Br)nc3ccccc3n12. The van der Waals surface area contributed by atoms with Crippen LogP contribution in [-0.2, 0) is 4.79 Å². The molecular weight excluding hydrogens is 438 g/mol. The zero-order valence-electron chi connectivity index (χ0n) is 15.4. The van der Waals surface area contributed by atoms with Crippen LogP contribution in [-0.4, -0.2) is 31.2 Å². The third-order valence-electron chi connectivity index (χ3n) is 4.23. The molecule has 0 fully saturated rings. The summed E-state index contributed by atoms with van der Waals surface area (Å²) >= 11 is 4.80. The number of hydrogen-bond donors (Lipinski definition) is 1. The van der Waals surface area contributed by atoms with E-state index in [2.05, 4.69) is 45.3 Å². The molecule has 2 aromatic carbocycles. The predicted octanol–water partition coefficient (Wildman–Crippen LogP) is 4.89. The smallest absolute Gasteiger partial charge is 0.234 e. The molecule has 28 heavy (non-hydrogen) atoms. The van der Waals surface area contributed by atoms with Crippen LogP contribution in [0.4, 0.5) is 5.69 Å². The Bertz CT molecular complexity index is 1170. The third-order valence-corrected chi connectivity index (χ3v) is 5.87. The molecule has 1 N–H and O–H groups in total. The monoisotopic (exact) mass is 455 g/mol. The van der Waals surface area contributed by atoms with Crippen molar-refractivity contribution in [3.63, 3.8) is 0 Å². The van der Waals surface area contributed by atoms with Gasteiger partial charge in [0.05, 0.1) is 22.5 Å². The molecule has 0 aliphatic heterocycles. The lowest BCUT2D eigenvalue weighted by molar-refractivity contribution is -0.113. The van der Waals surface area contributed by atoms with E-state index >= 15 is 0 Å². The molecule has 0 aliphatic rings. The standard InChI is InChI=1S/C20H18BrN5OS/c1-12(2)18-24-25-19-20(23-15-9-5-6-10-16(15)26(18)19)28-11-17(27)22-14-8-4-3-7-13(14)21/h3-10,12H,11H2,1-2H3,(H,22,27). The van der Waals surface area contributed by atoms with Gasteiger partial charge in [0.1, 0.15) is 10.9 Å². The molecule has 2 heterocycles. The number of fused-ring (bicyclic) bond motifs is 3. The maximum absolute atomic E-state index is 12.4. The van der Waals surface area contributed by atoms with E-state index in [1.165, 1.54) is 11.8 Å². The molecule has 0 radical (unpaired) electrons. The van der Waals surface area contributed by atoms with E-state index in [1.54, 1.807) is 0 Å². The van der Waals surface area contributed by atoms with Gasteiger partial charge in [-0.15, -0.1) is 10.2 Å². The maximum Gasteiger partial charge on any atom is 0.234 e. The summed E-state index contributed by atoms with van der Waals surface area (Å²) in [4.78, 5) is 17.2. The van der Waals surface area contributed by atoms with Crippen LogP contribution >= 0.6 is 27.7 Å². The fraction of sp³-hybridized carbons (Fsp3) is 0.200. The molecule has 4 aromatic rings. The average molecular weight is 456 g/mol. The highest BCUT2D eigenvalue weighted by molar-refractivity contribution is 9.10. The fourth-order valence-electron chi connectivity index (χ4n) is 2.93. The van der Waals surface area contributed by atoms with Gasteiger partial charge in [-0.25, -0.2) is 4.98 Å². The first-order valence-corrected chi connectivity index (χ1v) is 10.6. The number of para-hydroxylation sites is 3. The Hall–Kier alpha value is -2.45. The Morgan fingerprint density at radius 3 is 2.68 bits per heavy atom. The van der Waals surface area contributed by atoms with E-state index in [4.69, 9.17) is 4.98 Å². The topological polar surface area (TPSA) is 72.2 Å². The van der Waals surface area contributed by atoms with Crippen molar-refractivity contribution in [3.8, 4) is 0 Å². The molecule has 4 rings (SSSR count). The zero-order valence-corrected chi connectivity index (χ0v) is 17.8. The van der Waals surface area contributed by atoms with Gasteiger partial charge in [0, 0.05) is 10.4 Å². The van der Waals surface area contributed by atoms with Crippen LogP contribution < -0.4 is 5.32 Å². The summed E-state index contributed by atoms with van der Waals surface area (Å²) in [6.45, 7) is 4.17. The van der Waals surface area contributed by atoms with E-state index in [-0.39, 0.29) is 17.6 Å². The van der Waals surface area contributed by atoms with Gasteiger partial charge in [-0.2, -0.15) is 0 Å². The van der Waals surface area contributed by atoms with E-state index in [1.807, 2.05) is 52.9 Å². The summed E-state index contributed by atoms with van der Waals surface area (Å²) in [7, 11) is 0. The normalized spacial score (nSPS) is 11.4. The van der Waals surface area contributed by atoms with Crippen LogP contribution in [0.5, 0.6) is 0 Å². The molecule has 0 bridgehead atoms. The van der Waals surface area contributed by atoms with Gasteiger partial charge in [0.2, 0.25) is 5.91 Å². The second kappa shape index (κ2) is 7.89. The number of benzene rings is 2. The molecule has 0 saturated heterocycles. The van der Waals surface area contributed by atoms with Crippen molar-refractivity contribution in [3.05, 3.63) is 58.8 Å². The minimum Gasteiger partial charge on any atom is -0.324 e. The van der Waals surface area contributed by atoms with Crippen molar-refractivity contribution < 1.29 is 4.79 Å². The molecule has 0 spiro atoms. The molecule has 0 aliphatic carbocycles. The maximum atomic E-state index is 12.4. The summed E-state index contributed by atoms with van der Waals surface area (Å²) in [6, 6.07) is 15.4. The quantitative estimate of drug-likeness (QED) is 0.433. The van der Waals surface area contributed by atoms with E-state index in [0.29, 0.717) is 10.7 Å². The Kier molecular flexibility index (Phi) is 5.32. The number of aromatic nitrogens is 4. The van der Waals surface area contributed by atoms with Gasteiger partial charge < -0.3 is 5.32 Å². The van der Waals surface area contributed by atoms with Crippen molar-refractivity contribution in [2.75, 3.05) is 11.1 Å². The molecular formula is C20H18BrN5OS. The van der Waals surface area contributed by atoms with E-state index in [9.17, 15) is 4.79 Å². The minimum absolute atomic E-state index is 0.103. The highest BCUT2D eigenvalue weighted by Gasteiger charge is 2.18. The summed E-state index contributed by atoms with van der Waals surface area (Å²) < 4.78 is 2.89. The van der Waals surface area contributed by atoms with Gasteiger partial charge in [-0.1, -0.05) is 49.9 Å². The Balaban J connectivity index is 1.65. The number of carbonyl (C=O) groups excluding carboxylic acids is 1. The highest BCUT2D eigenvalue weighted by atomic mass is 79.9. The summed E-state index contributed by atoms with van der Waals surface area (Å²) in [5.41, 5.74) is 3.24. The van der Waals surface area contributed by atoms with Crippen LogP contribution in [0, 0.1) is 0 Å². The number of amides is 1. The number of hydrogen-bond acceptors (Lipinski definition) is 5. The van der Waals surface area contributed by atoms with Crippen LogP contribution in [0.2, 0.25) is 0 Å². The lowest BCUT2D eigenvalue weighted by Crippen LogP contribution is -2.14. The van der Waals surface area contributed by atoms with Gasteiger partial charge in [0.25, 0.3) is 0 Å². The fourth-order valence-corrected chi connectivity index (χ4v) is 4.08. The molecule has 6 nitrogen and oxygen atoms in total. The number of thioether (sulfide) groups is 1. The molecule has 8 heteroatoms. The highest BCUT2D eigenvalue weighted by Crippen LogP contribution is 2.28. The van der Waals surface area contributed by atoms with Crippen molar-refractivity contribution in [2.24, 2.45) is 0 Å². The number of carbonyl (C=O) groups is 1. The van der Waals surface area contributed by atoms with Gasteiger partial charge in [-0.3, -0.25) is 9.20 Å². The number of nitrogens with one attached hydrogen (secondary N) is 1. The number of anilines is 1. The second-order valence-corrected chi connectivity index (χ2v) is 8.41. The van der Waals surface area contributed by atoms with Gasteiger partial charge in [0.15, 0.2) is 5.65 Å². The van der Waals surface area contributed by atoms with Crippen LogP contribution in [0.25, 0.3) is 16.7 Å². The minimum atomic E-state index is -0.103. The number of halogens is 1. The molecule has 0 atom stereocenters. The molecule has 142 valence electrons. The second-order valence-electron chi connectivity index (χ2n) is 6.59. The van der Waals surface area contributed by atoms with Crippen LogP contribution in [0.3, 0.4) is 0 Å². The zero-order chi connectivity index (χ0) is 19.7. The van der Waals surface area contributed by atoms with Crippen molar-refractivity contribution >= 4 is 56.0 Å². The Morgan fingerprint density at radius 2 is 1.89 bits per heavy atom. The molecule has 0 saturated carbocycles. The molecule has 0 unspecified atom stereocenters. The van der Waals surface area contributed by atoms with Crippen LogP contribution in [0.1, 0.15) is 25.6 Å². The Labute approximate surface area is 174 Å². The van der Waals surface area contributed by atoms with Crippen molar-refractivity contribution in [1.82, 2.24) is 19.6 Å². The Morgan fingerprint density at radius 1 is 1.14 bits per heavy atom. The first-order chi connectivity index (χ1) is 13.5. The first-order valence-electron chi connectivity index (χ1n) is 8.85. The lowest BCUT2D eigenvalue weighted by Gasteiger charge is -2.10. The molecule has 2 aromatic heterocycles. The van der Waals surface area contributed by atoms with E-state index < -0.39 is 0 Å². The third kappa shape index (κ3) is 3.62. The van der Waals surface area contributed by atoms with Crippen molar-refractivity contribution in [1.29, 1.82) is 0 Å². The summed E-state index contributed by atoms with van der Waals surface area (Å²) in [5.74, 6) is 1.23. The summed E-state index contributed by atoms with van der Waals surface area (Å²) in [6.07, 6.45) is 0. The predicted molar refractivity (Wildman–Crippen MR) is 116 cm³/mol. The lowest BCUT2D eigenvalue weighted by atomic mass is 10.2. The van der Waals surface area contributed by atoms with E-state index in [0.717, 1.165) is 27.0 Å². The van der Waals surface area contributed by atoms with Gasteiger partial charge >= 0.3 is 0 Å². The number of nitrogens with zero attached hydrogens (tertiary/aromatic N) is 4.